The van der Waals surface area contributed by atoms with Gasteiger partial charge in [-0.2, -0.15) is 0 Å². The van der Waals surface area contributed by atoms with Crippen LogP contribution in [0.3, 0.4) is 0 Å². The Morgan fingerprint density at radius 1 is 1.41 bits per heavy atom. The monoisotopic (exact) mass is 232 g/mol. The Labute approximate surface area is 100 Å². The number of carbonyl (C=O) groups excluding carboxylic acids is 2. The standard InChI is InChI=1S/C13H16N2O2/c1-9(10-5-3-2-4-6-10)15-8-11(13(14)17)7-12(15)16/h2-6,9,11H,7-8H2,1H3,(H2,14,17)/t9-,11?/m0/s1. The van der Waals surface area contributed by atoms with E-state index in [-0.39, 0.29) is 30.2 Å². The molecule has 4 nitrogen and oxygen atoms in total. The number of primary amides is 1. The van der Waals surface area contributed by atoms with Crippen LogP contribution in [-0.2, 0) is 9.59 Å². The van der Waals surface area contributed by atoms with Crippen molar-refractivity contribution in [1.29, 1.82) is 0 Å². The molecule has 0 aliphatic carbocycles. The Hall–Kier alpha value is -1.84. The number of hydrogen-bond acceptors (Lipinski definition) is 2. The maximum Gasteiger partial charge on any atom is 0.223 e. The highest BCUT2D eigenvalue weighted by Crippen LogP contribution is 2.27. The topological polar surface area (TPSA) is 63.4 Å². The van der Waals surface area contributed by atoms with E-state index in [1.807, 2.05) is 37.3 Å². The molecule has 2 amide bonds. The fraction of sp³-hybridized carbons (Fsp3) is 0.385. The van der Waals surface area contributed by atoms with Crippen LogP contribution in [0.1, 0.15) is 24.9 Å². The van der Waals surface area contributed by atoms with Crippen molar-refractivity contribution in [2.24, 2.45) is 11.7 Å². The molecular weight excluding hydrogens is 216 g/mol. The van der Waals surface area contributed by atoms with Crippen LogP contribution in [0.25, 0.3) is 0 Å². The summed E-state index contributed by atoms with van der Waals surface area (Å²) in [5.41, 5.74) is 6.32. The van der Waals surface area contributed by atoms with Crippen molar-refractivity contribution in [1.82, 2.24) is 4.90 Å². The lowest BCUT2D eigenvalue weighted by molar-refractivity contribution is -0.130. The number of carbonyl (C=O) groups is 2. The summed E-state index contributed by atoms with van der Waals surface area (Å²) in [6.45, 7) is 2.40. The first-order chi connectivity index (χ1) is 8.09. The van der Waals surface area contributed by atoms with Gasteiger partial charge < -0.3 is 10.6 Å². The van der Waals surface area contributed by atoms with Crippen molar-refractivity contribution in [2.45, 2.75) is 19.4 Å². The van der Waals surface area contributed by atoms with Crippen molar-refractivity contribution >= 4 is 11.8 Å². The summed E-state index contributed by atoms with van der Waals surface area (Å²) in [5.74, 6) is -0.722. The maximum absolute atomic E-state index is 11.8. The van der Waals surface area contributed by atoms with Crippen molar-refractivity contribution in [2.75, 3.05) is 6.54 Å². The second-order valence-electron chi connectivity index (χ2n) is 4.44. The first-order valence-electron chi connectivity index (χ1n) is 5.73. The summed E-state index contributed by atoms with van der Waals surface area (Å²) < 4.78 is 0. The highest BCUT2D eigenvalue weighted by Gasteiger charge is 2.35. The number of likely N-dealkylation sites (tertiary alicyclic amines) is 1. The molecule has 1 unspecified atom stereocenters. The number of nitrogens with two attached hydrogens (primary N) is 1. The second kappa shape index (κ2) is 4.57. The zero-order valence-electron chi connectivity index (χ0n) is 9.80. The van der Waals surface area contributed by atoms with Gasteiger partial charge in [-0.15, -0.1) is 0 Å². The van der Waals surface area contributed by atoms with Gasteiger partial charge in [-0.05, 0) is 12.5 Å². The summed E-state index contributed by atoms with van der Waals surface area (Å²) >= 11 is 0. The molecule has 2 N–H and O–H groups in total. The molecule has 2 atom stereocenters. The van der Waals surface area contributed by atoms with Crippen LogP contribution in [0.2, 0.25) is 0 Å². The smallest absolute Gasteiger partial charge is 0.223 e. The molecule has 4 heteroatoms. The predicted molar refractivity (Wildman–Crippen MR) is 63.9 cm³/mol. The fourth-order valence-corrected chi connectivity index (χ4v) is 2.21. The van der Waals surface area contributed by atoms with E-state index >= 15 is 0 Å². The summed E-state index contributed by atoms with van der Waals surface area (Å²) in [4.78, 5) is 24.6. The molecule has 1 aliphatic rings. The minimum Gasteiger partial charge on any atom is -0.369 e. The zero-order chi connectivity index (χ0) is 12.4. The Morgan fingerprint density at radius 2 is 2.06 bits per heavy atom. The van der Waals surface area contributed by atoms with Gasteiger partial charge >= 0.3 is 0 Å². The van der Waals surface area contributed by atoms with Crippen molar-refractivity contribution in [3.05, 3.63) is 35.9 Å². The highest BCUT2D eigenvalue weighted by atomic mass is 16.2. The average molecular weight is 232 g/mol. The molecule has 90 valence electrons. The Balaban J connectivity index is 2.14. The molecule has 0 radical (unpaired) electrons. The summed E-state index contributed by atoms with van der Waals surface area (Å²) in [7, 11) is 0. The maximum atomic E-state index is 11.8. The molecule has 1 fully saturated rings. The third-order valence-corrected chi connectivity index (χ3v) is 3.31. The van der Waals surface area contributed by atoms with Gasteiger partial charge in [0.05, 0.1) is 12.0 Å². The van der Waals surface area contributed by atoms with E-state index in [1.54, 1.807) is 4.90 Å². The van der Waals surface area contributed by atoms with Gasteiger partial charge in [-0.25, -0.2) is 0 Å². The molecule has 2 rings (SSSR count). The molecule has 0 bridgehead atoms. The van der Waals surface area contributed by atoms with Gasteiger partial charge in [-0.3, -0.25) is 9.59 Å². The van der Waals surface area contributed by atoms with E-state index in [1.165, 1.54) is 0 Å². The molecule has 17 heavy (non-hydrogen) atoms. The molecule has 1 aliphatic heterocycles. The quantitative estimate of drug-likeness (QED) is 0.847. The largest absolute Gasteiger partial charge is 0.369 e. The first kappa shape index (κ1) is 11.6. The van der Waals surface area contributed by atoms with Gasteiger partial charge in [-0.1, -0.05) is 30.3 Å². The Kier molecular flexibility index (Phi) is 3.13. The van der Waals surface area contributed by atoms with E-state index < -0.39 is 0 Å². The van der Waals surface area contributed by atoms with Crippen molar-refractivity contribution in [3.63, 3.8) is 0 Å². The summed E-state index contributed by atoms with van der Waals surface area (Å²) in [6.07, 6.45) is 0.243. The number of amides is 2. The van der Waals surface area contributed by atoms with Crippen LogP contribution >= 0.6 is 0 Å². The lowest BCUT2D eigenvalue weighted by Crippen LogP contribution is -2.30. The van der Waals surface area contributed by atoms with Gasteiger partial charge in [0.25, 0.3) is 0 Å². The minimum absolute atomic E-state index is 0.00477. The van der Waals surface area contributed by atoms with E-state index in [0.717, 1.165) is 5.56 Å². The fourth-order valence-electron chi connectivity index (χ4n) is 2.21. The third-order valence-electron chi connectivity index (χ3n) is 3.31. The SMILES string of the molecule is C[C@@H](c1ccccc1)N1CC(C(N)=O)CC1=O. The molecule has 1 aromatic carbocycles. The van der Waals surface area contributed by atoms with E-state index in [9.17, 15) is 9.59 Å². The molecule has 1 aromatic rings. The number of rotatable bonds is 3. The van der Waals surface area contributed by atoms with E-state index in [4.69, 9.17) is 5.73 Å². The number of nitrogens with zero attached hydrogens (tertiary/aromatic N) is 1. The van der Waals surface area contributed by atoms with Gasteiger partial charge in [0.2, 0.25) is 11.8 Å². The minimum atomic E-state index is -0.388. The van der Waals surface area contributed by atoms with E-state index in [2.05, 4.69) is 0 Å². The van der Waals surface area contributed by atoms with Crippen LogP contribution in [0.15, 0.2) is 30.3 Å². The van der Waals surface area contributed by atoms with Gasteiger partial charge in [0.15, 0.2) is 0 Å². The highest BCUT2D eigenvalue weighted by molar-refractivity contribution is 5.88. The van der Waals surface area contributed by atoms with Crippen LogP contribution in [0.4, 0.5) is 0 Å². The zero-order valence-corrected chi connectivity index (χ0v) is 9.80. The lowest BCUT2D eigenvalue weighted by Gasteiger charge is -2.24. The molecule has 1 heterocycles. The predicted octanol–water partition coefficient (Wildman–Crippen LogP) is 1.08. The summed E-state index contributed by atoms with van der Waals surface area (Å²) in [5, 5.41) is 0. The lowest BCUT2D eigenvalue weighted by atomic mass is 10.1. The normalized spacial score (nSPS) is 21.6. The molecule has 1 saturated heterocycles. The molecule has 0 saturated carbocycles. The summed E-state index contributed by atoms with van der Waals surface area (Å²) in [6, 6.07) is 9.78. The molecule has 0 aromatic heterocycles. The van der Waals surface area contributed by atoms with Crippen molar-refractivity contribution in [3.8, 4) is 0 Å². The van der Waals surface area contributed by atoms with Crippen LogP contribution < -0.4 is 5.73 Å². The van der Waals surface area contributed by atoms with Gasteiger partial charge in [0, 0.05) is 13.0 Å². The number of hydrogen-bond donors (Lipinski definition) is 1. The third kappa shape index (κ3) is 2.30. The molecular formula is C13H16N2O2. The van der Waals surface area contributed by atoms with Crippen LogP contribution in [0, 0.1) is 5.92 Å². The number of benzene rings is 1. The second-order valence-corrected chi connectivity index (χ2v) is 4.44. The van der Waals surface area contributed by atoms with Crippen LogP contribution in [-0.4, -0.2) is 23.3 Å². The van der Waals surface area contributed by atoms with Gasteiger partial charge in [0.1, 0.15) is 0 Å². The first-order valence-corrected chi connectivity index (χ1v) is 5.73. The molecule has 0 spiro atoms. The van der Waals surface area contributed by atoms with Crippen LogP contribution in [0.5, 0.6) is 0 Å². The Bertz CT molecular complexity index is 430. The van der Waals surface area contributed by atoms with Crippen molar-refractivity contribution < 1.29 is 9.59 Å². The van der Waals surface area contributed by atoms with E-state index in [0.29, 0.717) is 6.54 Å². The average Bonchev–Trinajstić information content (AvgIpc) is 2.72. The Morgan fingerprint density at radius 3 is 2.59 bits per heavy atom.